The van der Waals surface area contributed by atoms with E-state index in [1.165, 1.54) is 19.3 Å². The number of nitrogens with zero attached hydrogens (tertiary/aromatic N) is 1. The first kappa shape index (κ1) is 16.8. The number of ether oxygens (including phenoxy) is 2. The molecule has 2 aromatic carbocycles. The Morgan fingerprint density at radius 1 is 0.962 bits per heavy atom. The molecule has 2 heterocycles. The molecule has 1 fully saturated rings. The molecule has 5 heteroatoms. The molecule has 2 unspecified atom stereocenters. The number of carbonyl (C=O) groups excluding carboxylic acids is 1. The molecule has 1 saturated heterocycles. The zero-order valence-corrected chi connectivity index (χ0v) is 15.0. The van der Waals surface area contributed by atoms with Gasteiger partial charge in [-0.25, -0.2) is 0 Å². The molecular weight excluding hydrogens is 328 g/mol. The summed E-state index contributed by atoms with van der Waals surface area (Å²) in [6.07, 6.45) is 2.62. The van der Waals surface area contributed by atoms with Crippen LogP contribution in [-0.2, 0) is 4.79 Å². The Hall–Kier alpha value is -2.69. The lowest BCUT2D eigenvalue weighted by molar-refractivity contribution is -0.128. The van der Waals surface area contributed by atoms with Crippen molar-refractivity contribution in [2.75, 3.05) is 23.3 Å². The fourth-order valence-electron chi connectivity index (χ4n) is 3.60. The Kier molecular flexibility index (Phi) is 4.69. The van der Waals surface area contributed by atoms with Crippen molar-refractivity contribution >= 4 is 17.3 Å². The van der Waals surface area contributed by atoms with Gasteiger partial charge in [0.05, 0.1) is 11.4 Å². The summed E-state index contributed by atoms with van der Waals surface area (Å²) in [6, 6.07) is 15.4. The van der Waals surface area contributed by atoms with Gasteiger partial charge in [0, 0.05) is 13.1 Å². The van der Waals surface area contributed by atoms with Crippen molar-refractivity contribution in [2.24, 2.45) is 0 Å². The maximum atomic E-state index is 12.9. The van der Waals surface area contributed by atoms with Gasteiger partial charge in [0.25, 0.3) is 5.91 Å². The van der Waals surface area contributed by atoms with E-state index in [1.807, 2.05) is 49.4 Å². The molecule has 136 valence electrons. The molecule has 0 radical (unpaired) electrons. The van der Waals surface area contributed by atoms with E-state index < -0.39 is 6.10 Å². The summed E-state index contributed by atoms with van der Waals surface area (Å²) in [5.74, 6) is 1.10. The predicted octanol–water partition coefficient (Wildman–Crippen LogP) is 3.84. The Labute approximate surface area is 153 Å². The SMILES string of the molecule is CC1Oc2ccccc2OC1C(=O)Nc1ccccc1N1CCCCC1. The van der Waals surface area contributed by atoms with E-state index in [4.69, 9.17) is 9.47 Å². The first-order valence-corrected chi connectivity index (χ1v) is 9.29. The fraction of sp³-hybridized carbons (Fsp3) is 0.381. The van der Waals surface area contributed by atoms with E-state index in [0.29, 0.717) is 11.5 Å². The van der Waals surface area contributed by atoms with Crippen LogP contribution >= 0.6 is 0 Å². The Morgan fingerprint density at radius 2 is 1.62 bits per heavy atom. The number of fused-ring (bicyclic) bond motifs is 1. The third-order valence-corrected chi connectivity index (χ3v) is 4.96. The third-order valence-electron chi connectivity index (χ3n) is 4.96. The molecule has 0 spiro atoms. The largest absolute Gasteiger partial charge is 0.482 e. The normalized spacial score (nSPS) is 22.0. The summed E-state index contributed by atoms with van der Waals surface area (Å²) in [6.45, 7) is 3.91. The second-order valence-corrected chi connectivity index (χ2v) is 6.86. The number of para-hydroxylation sites is 4. The Balaban J connectivity index is 1.52. The van der Waals surface area contributed by atoms with Gasteiger partial charge < -0.3 is 19.7 Å². The number of anilines is 2. The minimum atomic E-state index is -0.681. The molecule has 1 amide bonds. The highest BCUT2D eigenvalue weighted by Gasteiger charge is 2.34. The highest BCUT2D eigenvalue weighted by atomic mass is 16.6. The van der Waals surface area contributed by atoms with E-state index in [1.54, 1.807) is 0 Å². The molecule has 2 aliphatic rings. The summed E-state index contributed by atoms with van der Waals surface area (Å²) in [5.41, 5.74) is 1.90. The van der Waals surface area contributed by atoms with Crippen LogP contribution in [0.25, 0.3) is 0 Å². The predicted molar refractivity (Wildman–Crippen MR) is 102 cm³/mol. The summed E-state index contributed by atoms with van der Waals surface area (Å²) in [4.78, 5) is 15.2. The first-order chi connectivity index (χ1) is 12.7. The number of hydrogen-bond donors (Lipinski definition) is 1. The van der Waals surface area contributed by atoms with Gasteiger partial charge in [0.15, 0.2) is 11.5 Å². The summed E-state index contributed by atoms with van der Waals surface area (Å²) >= 11 is 0. The van der Waals surface area contributed by atoms with Crippen LogP contribution in [-0.4, -0.2) is 31.2 Å². The van der Waals surface area contributed by atoms with E-state index in [2.05, 4.69) is 16.3 Å². The molecule has 26 heavy (non-hydrogen) atoms. The van der Waals surface area contributed by atoms with Crippen molar-refractivity contribution in [3.05, 3.63) is 48.5 Å². The number of piperidine rings is 1. The molecule has 0 saturated carbocycles. The summed E-state index contributed by atoms with van der Waals surface area (Å²) in [5, 5.41) is 3.05. The molecule has 0 aliphatic carbocycles. The average molecular weight is 352 g/mol. The highest BCUT2D eigenvalue weighted by molar-refractivity contribution is 5.98. The number of benzene rings is 2. The van der Waals surface area contributed by atoms with Crippen LogP contribution in [0.2, 0.25) is 0 Å². The van der Waals surface area contributed by atoms with Crippen LogP contribution in [0.1, 0.15) is 26.2 Å². The molecule has 1 N–H and O–H groups in total. The lowest BCUT2D eigenvalue weighted by atomic mass is 10.1. The molecule has 5 nitrogen and oxygen atoms in total. The number of amides is 1. The number of rotatable bonds is 3. The Morgan fingerprint density at radius 3 is 2.38 bits per heavy atom. The zero-order valence-electron chi connectivity index (χ0n) is 15.0. The van der Waals surface area contributed by atoms with Crippen molar-refractivity contribution in [1.82, 2.24) is 0 Å². The number of carbonyl (C=O) groups is 1. The second-order valence-electron chi connectivity index (χ2n) is 6.86. The van der Waals surface area contributed by atoms with Gasteiger partial charge in [-0.2, -0.15) is 0 Å². The van der Waals surface area contributed by atoms with Crippen LogP contribution in [0.15, 0.2) is 48.5 Å². The maximum absolute atomic E-state index is 12.9. The average Bonchev–Trinajstić information content (AvgIpc) is 2.68. The molecular formula is C21H24N2O3. The molecule has 2 aromatic rings. The second kappa shape index (κ2) is 7.28. The Bertz CT molecular complexity index is 786. The van der Waals surface area contributed by atoms with Crippen molar-refractivity contribution in [1.29, 1.82) is 0 Å². The highest BCUT2D eigenvalue weighted by Crippen LogP contribution is 2.34. The lowest BCUT2D eigenvalue weighted by Gasteiger charge is -2.33. The van der Waals surface area contributed by atoms with Gasteiger partial charge >= 0.3 is 0 Å². The molecule has 2 atom stereocenters. The van der Waals surface area contributed by atoms with Crippen molar-refractivity contribution < 1.29 is 14.3 Å². The van der Waals surface area contributed by atoms with Crippen LogP contribution < -0.4 is 19.7 Å². The monoisotopic (exact) mass is 352 g/mol. The molecule has 0 aromatic heterocycles. The van der Waals surface area contributed by atoms with Gasteiger partial charge in [0.1, 0.15) is 6.10 Å². The minimum Gasteiger partial charge on any atom is -0.482 e. The summed E-state index contributed by atoms with van der Waals surface area (Å²) in [7, 11) is 0. The third kappa shape index (κ3) is 3.34. The van der Waals surface area contributed by atoms with Crippen molar-refractivity contribution in [3.8, 4) is 11.5 Å². The first-order valence-electron chi connectivity index (χ1n) is 9.29. The van der Waals surface area contributed by atoms with Crippen LogP contribution in [0, 0.1) is 0 Å². The molecule has 2 aliphatic heterocycles. The summed E-state index contributed by atoms with van der Waals surface area (Å²) < 4.78 is 11.8. The fourth-order valence-corrected chi connectivity index (χ4v) is 3.60. The van der Waals surface area contributed by atoms with E-state index in [-0.39, 0.29) is 12.0 Å². The van der Waals surface area contributed by atoms with Gasteiger partial charge in [0.2, 0.25) is 6.10 Å². The van der Waals surface area contributed by atoms with E-state index in [9.17, 15) is 4.79 Å². The molecule has 4 rings (SSSR count). The number of hydrogen-bond acceptors (Lipinski definition) is 4. The molecule has 0 bridgehead atoms. The van der Waals surface area contributed by atoms with Crippen molar-refractivity contribution in [3.63, 3.8) is 0 Å². The van der Waals surface area contributed by atoms with Crippen LogP contribution in [0.4, 0.5) is 11.4 Å². The zero-order chi connectivity index (χ0) is 17.9. The van der Waals surface area contributed by atoms with Crippen LogP contribution in [0.3, 0.4) is 0 Å². The van der Waals surface area contributed by atoms with Gasteiger partial charge in [-0.1, -0.05) is 24.3 Å². The smallest absolute Gasteiger partial charge is 0.269 e. The standard InChI is InChI=1S/C21H24N2O3/c1-15-20(26-19-12-6-5-11-18(19)25-15)21(24)22-16-9-3-4-10-17(16)23-13-7-2-8-14-23/h3-6,9-12,15,20H,2,7-8,13-14H2,1H3,(H,22,24). The topological polar surface area (TPSA) is 50.8 Å². The van der Waals surface area contributed by atoms with Crippen molar-refractivity contribution in [2.45, 2.75) is 38.4 Å². The number of nitrogens with one attached hydrogen (secondary N) is 1. The van der Waals surface area contributed by atoms with E-state index in [0.717, 1.165) is 24.5 Å². The van der Waals surface area contributed by atoms with Crippen LogP contribution in [0.5, 0.6) is 11.5 Å². The van der Waals surface area contributed by atoms with E-state index >= 15 is 0 Å². The minimum absolute atomic E-state index is 0.184. The quantitative estimate of drug-likeness (QED) is 0.912. The maximum Gasteiger partial charge on any atom is 0.269 e. The van der Waals surface area contributed by atoms with Gasteiger partial charge in [-0.3, -0.25) is 4.79 Å². The lowest BCUT2D eigenvalue weighted by Crippen LogP contribution is -2.46. The van der Waals surface area contributed by atoms with Gasteiger partial charge in [-0.15, -0.1) is 0 Å². The van der Waals surface area contributed by atoms with Gasteiger partial charge in [-0.05, 0) is 50.5 Å².